The summed E-state index contributed by atoms with van der Waals surface area (Å²) in [4.78, 5) is 29.1. The minimum absolute atomic E-state index is 0. The van der Waals surface area contributed by atoms with E-state index in [1.165, 1.54) is 0 Å². The van der Waals surface area contributed by atoms with Crippen LogP contribution in [0.2, 0.25) is 0 Å². The minimum Gasteiger partial charge on any atom is -1.00 e. The van der Waals surface area contributed by atoms with Gasteiger partial charge in [-0.3, -0.25) is 4.57 Å². The molecular formula is C12H27INO6P. The van der Waals surface area contributed by atoms with Crippen LogP contribution in [0.3, 0.4) is 0 Å². The first-order chi connectivity index (χ1) is 9.02. The van der Waals surface area contributed by atoms with Crippen LogP contribution < -0.4 is 24.0 Å². The van der Waals surface area contributed by atoms with Crippen LogP contribution >= 0.6 is 7.60 Å². The Morgan fingerprint density at radius 1 is 1.19 bits per heavy atom. The van der Waals surface area contributed by atoms with Crippen LogP contribution in [0, 0.1) is 0 Å². The van der Waals surface area contributed by atoms with Gasteiger partial charge in [-0.1, -0.05) is 13.3 Å². The summed E-state index contributed by atoms with van der Waals surface area (Å²) in [6.45, 7) is 5.71. The Hall–Kier alpha value is 0.270. The van der Waals surface area contributed by atoms with Gasteiger partial charge >= 0.3 is 13.6 Å². The molecule has 0 aromatic heterocycles. The molecule has 0 radical (unpaired) electrons. The summed E-state index contributed by atoms with van der Waals surface area (Å²) < 4.78 is 11.7. The fourth-order valence-corrected chi connectivity index (χ4v) is 2.62. The number of carboxylic acids is 1. The highest BCUT2D eigenvalue weighted by Gasteiger charge is 2.53. The molecule has 0 rings (SSSR count). The molecule has 128 valence electrons. The standard InChI is InChI=1S/C12H26NO6P.HI/c1-4-6-7-9-13(3,5-2)10-8-12(16,11(14)15)20(17,18)19;/h16H,4-10H2,1-3H3,(H2-,14,15,17,18,19);1H. The van der Waals surface area contributed by atoms with Crippen molar-refractivity contribution in [3.63, 3.8) is 0 Å². The average molecular weight is 439 g/mol. The zero-order valence-electron chi connectivity index (χ0n) is 12.8. The fraction of sp³-hybridized carbons (Fsp3) is 0.917. The summed E-state index contributed by atoms with van der Waals surface area (Å²) in [5.74, 6) is -1.87. The lowest BCUT2D eigenvalue weighted by Gasteiger charge is -2.36. The number of aliphatic carboxylic acids is 1. The number of carbonyl (C=O) groups is 1. The third kappa shape index (κ3) is 6.92. The monoisotopic (exact) mass is 439 g/mol. The summed E-state index contributed by atoms with van der Waals surface area (Å²) in [6.07, 6.45) is 2.60. The Morgan fingerprint density at radius 2 is 1.71 bits per heavy atom. The molecule has 0 fully saturated rings. The topological polar surface area (TPSA) is 115 Å². The van der Waals surface area contributed by atoms with Crippen molar-refractivity contribution < 1.29 is 57.8 Å². The normalized spacial score (nSPS) is 17.4. The van der Waals surface area contributed by atoms with Gasteiger partial charge in [0.1, 0.15) is 0 Å². The van der Waals surface area contributed by atoms with Crippen molar-refractivity contribution in [1.82, 2.24) is 0 Å². The number of nitrogens with zero attached hydrogens (tertiary/aromatic N) is 1. The summed E-state index contributed by atoms with van der Waals surface area (Å²) in [7, 11) is -3.23. The van der Waals surface area contributed by atoms with Crippen molar-refractivity contribution in [2.45, 2.75) is 44.9 Å². The number of halogens is 1. The van der Waals surface area contributed by atoms with Crippen molar-refractivity contribution in [2.75, 3.05) is 26.7 Å². The van der Waals surface area contributed by atoms with Gasteiger partial charge < -0.3 is 48.5 Å². The molecule has 0 aliphatic carbocycles. The van der Waals surface area contributed by atoms with Crippen LogP contribution in [0.5, 0.6) is 0 Å². The third-order valence-corrected chi connectivity index (χ3v) is 5.27. The lowest BCUT2D eigenvalue weighted by Crippen LogP contribution is -3.00. The zero-order valence-corrected chi connectivity index (χ0v) is 15.9. The summed E-state index contributed by atoms with van der Waals surface area (Å²) in [6, 6.07) is 0. The molecule has 0 aliphatic heterocycles. The maximum atomic E-state index is 11.2. The Bertz CT molecular complexity index is 377. The molecule has 9 heteroatoms. The molecule has 0 aromatic carbocycles. The molecular weight excluding hydrogens is 412 g/mol. The Morgan fingerprint density at radius 3 is 2.05 bits per heavy atom. The van der Waals surface area contributed by atoms with Gasteiger partial charge in [-0.2, -0.15) is 0 Å². The highest BCUT2D eigenvalue weighted by molar-refractivity contribution is 7.54. The number of quaternary nitrogens is 1. The SMILES string of the molecule is CCCCC[N+](C)(CC)CCC(O)(C(=O)O)P(=O)(O)O.[I-]. The molecule has 0 saturated heterocycles. The largest absolute Gasteiger partial charge is 1.00 e. The predicted molar refractivity (Wildman–Crippen MR) is 75.2 cm³/mol. The van der Waals surface area contributed by atoms with E-state index >= 15 is 0 Å². The highest BCUT2D eigenvalue weighted by Crippen LogP contribution is 2.51. The first-order valence-corrected chi connectivity index (χ1v) is 8.48. The molecule has 2 atom stereocenters. The van der Waals surface area contributed by atoms with Crippen molar-refractivity contribution >= 4 is 13.6 Å². The van der Waals surface area contributed by atoms with Crippen molar-refractivity contribution in [3.8, 4) is 0 Å². The average Bonchev–Trinajstić information content (AvgIpc) is 2.34. The molecule has 4 N–H and O–H groups in total. The molecule has 0 saturated carbocycles. The highest BCUT2D eigenvalue weighted by atomic mass is 127. The van der Waals surface area contributed by atoms with Gasteiger partial charge in [0.2, 0.25) is 0 Å². The summed E-state index contributed by atoms with van der Waals surface area (Å²) in [5, 5.41) is 15.7. The van der Waals surface area contributed by atoms with E-state index in [1.54, 1.807) is 0 Å². The molecule has 0 aliphatic rings. The van der Waals surface area contributed by atoms with E-state index in [1.807, 2.05) is 14.0 Å². The van der Waals surface area contributed by atoms with Gasteiger partial charge in [-0.05, 0) is 19.8 Å². The number of hydrogen-bond acceptors (Lipinski definition) is 3. The minimum atomic E-state index is -5.13. The Balaban J connectivity index is 0. The maximum absolute atomic E-state index is 11.2. The van der Waals surface area contributed by atoms with Gasteiger partial charge in [-0.25, -0.2) is 4.79 Å². The van der Waals surface area contributed by atoms with Gasteiger partial charge in [-0.15, -0.1) is 0 Å². The Labute approximate surface area is 143 Å². The lowest BCUT2D eigenvalue weighted by molar-refractivity contribution is -0.908. The summed E-state index contributed by atoms with van der Waals surface area (Å²) in [5.41, 5.74) is 0. The van der Waals surface area contributed by atoms with Crippen LogP contribution in [0.25, 0.3) is 0 Å². The molecule has 0 aromatic rings. The van der Waals surface area contributed by atoms with E-state index in [2.05, 4.69) is 6.92 Å². The number of aliphatic hydroxyl groups is 1. The van der Waals surface area contributed by atoms with Gasteiger partial charge in [0.15, 0.2) is 0 Å². The number of hydrogen-bond donors (Lipinski definition) is 4. The van der Waals surface area contributed by atoms with E-state index in [9.17, 15) is 14.5 Å². The smallest absolute Gasteiger partial charge is 0.368 e. The maximum Gasteiger partial charge on any atom is 0.368 e. The van der Waals surface area contributed by atoms with E-state index < -0.39 is 25.3 Å². The fourth-order valence-electron chi connectivity index (χ4n) is 1.97. The first-order valence-electron chi connectivity index (χ1n) is 6.87. The van der Waals surface area contributed by atoms with E-state index in [-0.39, 0.29) is 30.5 Å². The quantitative estimate of drug-likeness (QED) is 0.135. The van der Waals surface area contributed by atoms with Gasteiger partial charge in [0.25, 0.3) is 5.34 Å². The number of rotatable bonds is 10. The van der Waals surface area contributed by atoms with Crippen LogP contribution in [-0.4, -0.2) is 62.5 Å². The summed E-state index contributed by atoms with van der Waals surface area (Å²) >= 11 is 0. The van der Waals surface area contributed by atoms with Crippen molar-refractivity contribution in [3.05, 3.63) is 0 Å². The molecule has 0 amide bonds. The number of carboxylic acid groups (broad SMARTS) is 1. The molecule has 0 heterocycles. The molecule has 7 nitrogen and oxygen atoms in total. The second-order valence-electron chi connectivity index (χ2n) is 5.51. The number of unbranched alkanes of at least 4 members (excludes halogenated alkanes) is 2. The van der Waals surface area contributed by atoms with Gasteiger partial charge in [0, 0.05) is 6.42 Å². The van der Waals surface area contributed by atoms with E-state index in [4.69, 9.17) is 14.9 Å². The van der Waals surface area contributed by atoms with Crippen molar-refractivity contribution in [2.24, 2.45) is 0 Å². The van der Waals surface area contributed by atoms with E-state index in [0.29, 0.717) is 11.0 Å². The zero-order chi connectivity index (χ0) is 16.0. The molecule has 0 bridgehead atoms. The van der Waals surface area contributed by atoms with Gasteiger partial charge in [0.05, 0.1) is 26.7 Å². The Kier molecular flexibility index (Phi) is 10.6. The van der Waals surface area contributed by atoms with Crippen LogP contribution in [0.1, 0.15) is 39.5 Å². The van der Waals surface area contributed by atoms with Crippen LogP contribution in [-0.2, 0) is 9.36 Å². The first kappa shape index (κ1) is 23.5. The molecule has 0 spiro atoms. The molecule has 2 unspecified atom stereocenters. The lowest BCUT2D eigenvalue weighted by atomic mass is 10.1. The second kappa shape index (κ2) is 9.42. The second-order valence-corrected chi connectivity index (χ2v) is 7.33. The van der Waals surface area contributed by atoms with Crippen LogP contribution in [0.15, 0.2) is 0 Å². The molecule has 21 heavy (non-hydrogen) atoms. The van der Waals surface area contributed by atoms with Crippen molar-refractivity contribution in [1.29, 1.82) is 0 Å². The van der Waals surface area contributed by atoms with Crippen LogP contribution in [0.4, 0.5) is 0 Å². The predicted octanol–water partition coefficient (Wildman–Crippen LogP) is -2.01. The van der Waals surface area contributed by atoms with E-state index in [0.717, 1.165) is 25.8 Å². The third-order valence-electron chi connectivity index (χ3n) is 3.89.